The Balaban J connectivity index is 1.43. The molecule has 0 spiro atoms. The van der Waals surface area contributed by atoms with Crippen molar-refractivity contribution in [3.8, 4) is 5.75 Å². The summed E-state index contributed by atoms with van der Waals surface area (Å²) in [5, 5.41) is 4.11. The summed E-state index contributed by atoms with van der Waals surface area (Å²) in [6.07, 6.45) is 22.1. The van der Waals surface area contributed by atoms with Gasteiger partial charge in [0.2, 0.25) is 5.91 Å². The maximum atomic E-state index is 12.0. The van der Waals surface area contributed by atoms with E-state index in [1.807, 2.05) is 54.6 Å². The van der Waals surface area contributed by atoms with Crippen molar-refractivity contribution in [2.24, 2.45) is 5.10 Å². The first-order chi connectivity index (χ1) is 17.8. The molecule has 0 atom stereocenters. The molecule has 0 aliphatic heterocycles. The summed E-state index contributed by atoms with van der Waals surface area (Å²) in [5.74, 6) is 0.768. The highest BCUT2D eigenvalue weighted by molar-refractivity contribution is 5.82. The number of ether oxygens (including phenoxy) is 1. The standard InChI is InChI=1S/C32H48N2O2/c1-2-3-4-5-6-7-8-9-10-11-12-13-14-15-19-25-32(35)34-33-27-30-23-20-24-31(26-30)36-28-29-21-17-16-18-22-29/h16-18,20-24,26-27H,2-15,19,25,28H2,1H3,(H,34,35)/b33-27+. The highest BCUT2D eigenvalue weighted by atomic mass is 16.5. The van der Waals surface area contributed by atoms with E-state index >= 15 is 0 Å². The lowest BCUT2D eigenvalue weighted by molar-refractivity contribution is -0.121. The van der Waals surface area contributed by atoms with Crippen LogP contribution < -0.4 is 10.2 Å². The van der Waals surface area contributed by atoms with Crippen molar-refractivity contribution in [2.45, 2.75) is 116 Å². The van der Waals surface area contributed by atoms with Crippen LogP contribution in [0.1, 0.15) is 121 Å². The van der Waals surface area contributed by atoms with E-state index in [0.717, 1.165) is 29.7 Å². The molecule has 1 amide bonds. The molecule has 1 N–H and O–H groups in total. The van der Waals surface area contributed by atoms with Crippen LogP contribution in [0.4, 0.5) is 0 Å². The van der Waals surface area contributed by atoms with Crippen molar-refractivity contribution in [1.82, 2.24) is 5.43 Å². The summed E-state index contributed by atoms with van der Waals surface area (Å²) in [6, 6.07) is 17.8. The number of hydrogen-bond donors (Lipinski definition) is 1. The van der Waals surface area contributed by atoms with Crippen molar-refractivity contribution in [2.75, 3.05) is 0 Å². The Morgan fingerprint density at radius 3 is 1.94 bits per heavy atom. The van der Waals surface area contributed by atoms with Crippen molar-refractivity contribution in [1.29, 1.82) is 0 Å². The third-order valence-corrected chi connectivity index (χ3v) is 6.52. The van der Waals surface area contributed by atoms with Crippen LogP contribution in [0.2, 0.25) is 0 Å². The average molecular weight is 493 g/mol. The van der Waals surface area contributed by atoms with Crippen molar-refractivity contribution in [3.63, 3.8) is 0 Å². The zero-order chi connectivity index (χ0) is 25.5. The molecule has 2 aromatic rings. The van der Waals surface area contributed by atoms with Crippen LogP contribution >= 0.6 is 0 Å². The number of nitrogens with zero attached hydrogens (tertiary/aromatic N) is 1. The summed E-state index contributed by atoms with van der Waals surface area (Å²) in [6.45, 7) is 2.80. The predicted molar refractivity (Wildman–Crippen MR) is 152 cm³/mol. The summed E-state index contributed by atoms with van der Waals surface area (Å²) >= 11 is 0. The SMILES string of the molecule is CCCCCCCCCCCCCCCCCC(=O)N/N=C/c1cccc(OCc2ccccc2)c1. The first-order valence-corrected chi connectivity index (χ1v) is 14.4. The molecule has 4 heteroatoms. The van der Waals surface area contributed by atoms with Gasteiger partial charge in [0.1, 0.15) is 12.4 Å². The molecule has 0 aromatic heterocycles. The van der Waals surface area contributed by atoms with Crippen molar-refractivity contribution in [3.05, 3.63) is 65.7 Å². The second kappa shape index (κ2) is 20.6. The Morgan fingerprint density at radius 1 is 0.750 bits per heavy atom. The zero-order valence-corrected chi connectivity index (χ0v) is 22.6. The first-order valence-electron chi connectivity index (χ1n) is 14.4. The minimum atomic E-state index is -0.0163. The molecule has 198 valence electrons. The van der Waals surface area contributed by atoms with E-state index < -0.39 is 0 Å². The Kier molecular flexibility index (Phi) is 16.9. The molecule has 0 radical (unpaired) electrons. The maximum absolute atomic E-state index is 12.0. The molecule has 0 saturated carbocycles. The predicted octanol–water partition coefficient (Wildman–Crippen LogP) is 8.98. The Labute approximate surface area is 219 Å². The number of nitrogens with one attached hydrogen (secondary N) is 1. The second-order valence-corrected chi connectivity index (χ2v) is 9.84. The quantitative estimate of drug-likeness (QED) is 0.107. The summed E-state index contributed by atoms with van der Waals surface area (Å²) in [7, 11) is 0. The van der Waals surface area contributed by atoms with Gasteiger partial charge in [0, 0.05) is 6.42 Å². The average Bonchev–Trinajstić information content (AvgIpc) is 2.90. The van der Waals surface area contributed by atoms with Crippen LogP contribution in [-0.4, -0.2) is 12.1 Å². The molecule has 0 aliphatic carbocycles. The van der Waals surface area contributed by atoms with Crippen molar-refractivity contribution >= 4 is 12.1 Å². The van der Waals surface area contributed by atoms with Gasteiger partial charge in [-0.05, 0) is 29.7 Å². The molecule has 0 aliphatic rings. The second-order valence-electron chi connectivity index (χ2n) is 9.84. The highest BCUT2D eigenvalue weighted by Gasteiger charge is 2.01. The highest BCUT2D eigenvalue weighted by Crippen LogP contribution is 2.15. The van der Waals surface area contributed by atoms with Gasteiger partial charge >= 0.3 is 0 Å². The van der Waals surface area contributed by atoms with Gasteiger partial charge in [-0.2, -0.15) is 5.10 Å². The van der Waals surface area contributed by atoms with Gasteiger partial charge < -0.3 is 4.74 Å². The lowest BCUT2D eigenvalue weighted by Gasteiger charge is -2.06. The van der Waals surface area contributed by atoms with E-state index in [1.54, 1.807) is 6.21 Å². The van der Waals surface area contributed by atoms with E-state index in [0.29, 0.717) is 13.0 Å². The third kappa shape index (κ3) is 15.4. The number of unbranched alkanes of at least 4 members (excludes halogenated alkanes) is 14. The number of hydrogen-bond acceptors (Lipinski definition) is 3. The van der Waals surface area contributed by atoms with Crippen LogP contribution in [0.25, 0.3) is 0 Å². The molecule has 0 fully saturated rings. The Morgan fingerprint density at radius 2 is 1.33 bits per heavy atom. The molecule has 2 rings (SSSR count). The Bertz CT molecular complexity index is 835. The van der Waals surface area contributed by atoms with E-state index in [1.165, 1.54) is 83.5 Å². The van der Waals surface area contributed by atoms with Crippen LogP contribution in [0.5, 0.6) is 5.75 Å². The smallest absolute Gasteiger partial charge is 0.240 e. The zero-order valence-electron chi connectivity index (χ0n) is 22.6. The molecule has 2 aromatic carbocycles. The number of rotatable bonds is 21. The molecule has 0 bridgehead atoms. The van der Waals surface area contributed by atoms with Gasteiger partial charge in [0.25, 0.3) is 0 Å². The van der Waals surface area contributed by atoms with Crippen LogP contribution in [0.3, 0.4) is 0 Å². The van der Waals surface area contributed by atoms with Gasteiger partial charge in [0.05, 0.1) is 6.21 Å². The van der Waals surface area contributed by atoms with Gasteiger partial charge in [-0.1, -0.05) is 139 Å². The van der Waals surface area contributed by atoms with Gasteiger partial charge in [-0.25, -0.2) is 5.43 Å². The van der Waals surface area contributed by atoms with Crippen LogP contribution in [0, 0.1) is 0 Å². The van der Waals surface area contributed by atoms with Gasteiger partial charge in [-0.3, -0.25) is 4.79 Å². The molecule has 36 heavy (non-hydrogen) atoms. The van der Waals surface area contributed by atoms with E-state index in [-0.39, 0.29) is 5.91 Å². The number of amides is 1. The molecule has 0 saturated heterocycles. The first kappa shape index (κ1) is 29.6. The maximum Gasteiger partial charge on any atom is 0.240 e. The molecule has 0 unspecified atom stereocenters. The molecule has 0 heterocycles. The lowest BCUT2D eigenvalue weighted by atomic mass is 10.0. The minimum absolute atomic E-state index is 0.0163. The van der Waals surface area contributed by atoms with E-state index in [9.17, 15) is 4.79 Å². The summed E-state index contributed by atoms with van der Waals surface area (Å²) in [5.41, 5.74) is 4.67. The monoisotopic (exact) mass is 492 g/mol. The topological polar surface area (TPSA) is 50.7 Å². The van der Waals surface area contributed by atoms with Gasteiger partial charge in [0.15, 0.2) is 0 Å². The third-order valence-electron chi connectivity index (χ3n) is 6.52. The number of carbonyl (C=O) groups is 1. The fourth-order valence-electron chi connectivity index (χ4n) is 4.32. The summed E-state index contributed by atoms with van der Waals surface area (Å²) < 4.78 is 5.85. The van der Waals surface area contributed by atoms with E-state index in [2.05, 4.69) is 17.5 Å². The fraction of sp³-hybridized carbons (Fsp3) is 0.562. The van der Waals surface area contributed by atoms with Crippen LogP contribution in [-0.2, 0) is 11.4 Å². The summed E-state index contributed by atoms with van der Waals surface area (Å²) in [4.78, 5) is 12.0. The lowest BCUT2D eigenvalue weighted by Crippen LogP contribution is -2.16. The number of benzene rings is 2. The number of hydrazone groups is 1. The largest absolute Gasteiger partial charge is 0.489 e. The fourth-order valence-corrected chi connectivity index (χ4v) is 4.32. The van der Waals surface area contributed by atoms with E-state index in [4.69, 9.17) is 4.74 Å². The van der Waals surface area contributed by atoms with Crippen LogP contribution in [0.15, 0.2) is 59.7 Å². The normalized spacial score (nSPS) is 11.1. The Hall–Kier alpha value is -2.62. The molecular formula is C32H48N2O2. The van der Waals surface area contributed by atoms with Gasteiger partial charge in [-0.15, -0.1) is 0 Å². The molecular weight excluding hydrogens is 444 g/mol. The molecule has 4 nitrogen and oxygen atoms in total. The number of carbonyl (C=O) groups excluding carboxylic acids is 1. The minimum Gasteiger partial charge on any atom is -0.489 e. The van der Waals surface area contributed by atoms with Crippen molar-refractivity contribution < 1.29 is 9.53 Å².